The molecule has 7 nitrogen and oxygen atoms in total. The van der Waals surface area contributed by atoms with Crippen molar-refractivity contribution in [2.75, 3.05) is 17.4 Å². The molecule has 0 aliphatic heterocycles. The van der Waals surface area contributed by atoms with Crippen molar-refractivity contribution in [3.05, 3.63) is 94.5 Å². The minimum absolute atomic E-state index is 0.0769. The molecular weight excluding hydrogens is 534 g/mol. The second kappa shape index (κ2) is 13.6. The van der Waals surface area contributed by atoms with Crippen LogP contribution in [0.3, 0.4) is 0 Å². The number of benzene rings is 3. The number of amides is 2. The molecule has 39 heavy (non-hydrogen) atoms. The van der Waals surface area contributed by atoms with Gasteiger partial charge >= 0.3 is 0 Å². The molecule has 208 valence electrons. The smallest absolute Gasteiger partial charge is 0.264 e. The number of carbonyl (C=O) groups is 2. The minimum atomic E-state index is -4.09. The van der Waals surface area contributed by atoms with Crippen LogP contribution in [0.2, 0.25) is 5.02 Å². The summed E-state index contributed by atoms with van der Waals surface area (Å²) in [4.78, 5) is 28.7. The first kappa shape index (κ1) is 30.2. The third kappa shape index (κ3) is 7.61. The second-order valence-corrected chi connectivity index (χ2v) is 11.8. The van der Waals surface area contributed by atoms with Crippen molar-refractivity contribution in [2.45, 2.75) is 58.0 Å². The molecular formula is C30H36ClN3O4S. The highest BCUT2D eigenvalue weighted by Gasteiger charge is 2.33. The summed E-state index contributed by atoms with van der Waals surface area (Å²) in [6.45, 7) is 7.76. The monoisotopic (exact) mass is 569 g/mol. The van der Waals surface area contributed by atoms with E-state index in [1.807, 2.05) is 33.8 Å². The van der Waals surface area contributed by atoms with Crippen LogP contribution in [0.4, 0.5) is 5.69 Å². The summed E-state index contributed by atoms with van der Waals surface area (Å²) in [6.07, 6.45) is 1.12. The van der Waals surface area contributed by atoms with Gasteiger partial charge < -0.3 is 10.2 Å². The van der Waals surface area contributed by atoms with E-state index in [0.717, 1.165) is 27.4 Å². The highest BCUT2D eigenvalue weighted by molar-refractivity contribution is 7.92. The largest absolute Gasteiger partial charge is 0.354 e. The van der Waals surface area contributed by atoms with E-state index < -0.39 is 28.5 Å². The van der Waals surface area contributed by atoms with Gasteiger partial charge in [0.2, 0.25) is 11.8 Å². The van der Waals surface area contributed by atoms with E-state index in [1.54, 1.807) is 54.6 Å². The Balaban J connectivity index is 2.06. The van der Waals surface area contributed by atoms with Crippen LogP contribution >= 0.6 is 11.6 Å². The number of sulfonamides is 1. The Hall–Kier alpha value is -3.36. The number of rotatable bonds is 12. The van der Waals surface area contributed by atoms with E-state index in [-0.39, 0.29) is 17.3 Å². The molecule has 3 aromatic carbocycles. The predicted octanol–water partition coefficient (Wildman–Crippen LogP) is 5.49. The topological polar surface area (TPSA) is 86.8 Å². The lowest BCUT2D eigenvalue weighted by Crippen LogP contribution is -2.52. The first-order valence-corrected chi connectivity index (χ1v) is 14.9. The zero-order valence-electron chi connectivity index (χ0n) is 22.9. The lowest BCUT2D eigenvalue weighted by Gasteiger charge is -2.33. The number of anilines is 1. The Morgan fingerprint density at radius 2 is 1.59 bits per heavy atom. The van der Waals surface area contributed by atoms with Crippen LogP contribution < -0.4 is 9.62 Å². The average molecular weight is 570 g/mol. The molecule has 1 unspecified atom stereocenters. The molecule has 2 amide bonds. The van der Waals surface area contributed by atoms with Crippen LogP contribution in [0.25, 0.3) is 0 Å². The van der Waals surface area contributed by atoms with E-state index >= 15 is 0 Å². The Bertz CT molecular complexity index is 1380. The molecule has 0 spiro atoms. The standard InChI is InChI=1S/C30H36ClN3O4S/c1-5-18-32-30(36)28(6-2)33(20-24-13-15-25(31)16-14-24)29(35)21-34(26-17-12-22(3)23(4)19-26)39(37,38)27-10-8-7-9-11-27/h7-17,19,28H,5-6,18,20-21H2,1-4H3,(H,32,36). The van der Waals surface area contributed by atoms with Gasteiger partial charge in [0, 0.05) is 18.1 Å². The van der Waals surface area contributed by atoms with E-state index in [0.29, 0.717) is 23.7 Å². The molecule has 9 heteroatoms. The normalized spacial score (nSPS) is 12.0. The number of aryl methyl sites for hydroxylation is 2. The second-order valence-electron chi connectivity index (χ2n) is 9.46. The molecule has 3 rings (SSSR count). The van der Waals surface area contributed by atoms with Crippen LogP contribution in [0.1, 0.15) is 43.4 Å². The summed E-state index contributed by atoms with van der Waals surface area (Å²) in [7, 11) is -4.09. The molecule has 1 atom stereocenters. The van der Waals surface area contributed by atoms with Crippen LogP contribution in [0.5, 0.6) is 0 Å². The number of carbonyl (C=O) groups excluding carboxylic acids is 2. The fraction of sp³-hybridized carbons (Fsp3) is 0.333. The third-order valence-electron chi connectivity index (χ3n) is 6.59. The van der Waals surface area contributed by atoms with Crippen LogP contribution in [-0.4, -0.2) is 44.3 Å². The Kier molecular flexibility index (Phi) is 10.5. The summed E-state index contributed by atoms with van der Waals surface area (Å²) < 4.78 is 28.8. The van der Waals surface area contributed by atoms with Gasteiger partial charge in [-0.3, -0.25) is 13.9 Å². The van der Waals surface area contributed by atoms with Gasteiger partial charge in [-0.05, 0) is 79.8 Å². The van der Waals surface area contributed by atoms with Gasteiger partial charge in [-0.2, -0.15) is 0 Å². The molecule has 0 fully saturated rings. The van der Waals surface area contributed by atoms with Gasteiger partial charge in [0.1, 0.15) is 12.6 Å². The minimum Gasteiger partial charge on any atom is -0.354 e. The lowest BCUT2D eigenvalue weighted by molar-refractivity contribution is -0.140. The zero-order chi connectivity index (χ0) is 28.6. The summed E-state index contributed by atoms with van der Waals surface area (Å²) >= 11 is 6.06. The van der Waals surface area contributed by atoms with Crippen molar-refractivity contribution in [3.8, 4) is 0 Å². The fourth-order valence-electron chi connectivity index (χ4n) is 4.20. The lowest BCUT2D eigenvalue weighted by atomic mass is 10.1. The highest BCUT2D eigenvalue weighted by Crippen LogP contribution is 2.27. The predicted molar refractivity (Wildman–Crippen MR) is 156 cm³/mol. The molecule has 0 heterocycles. The summed E-state index contributed by atoms with van der Waals surface area (Å²) in [5.41, 5.74) is 3.06. The van der Waals surface area contributed by atoms with Crippen molar-refractivity contribution in [3.63, 3.8) is 0 Å². The van der Waals surface area contributed by atoms with E-state index in [2.05, 4.69) is 5.32 Å². The first-order valence-electron chi connectivity index (χ1n) is 13.0. The SMILES string of the molecule is CCCNC(=O)C(CC)N(Cc1ccc(Cl)cc1)C(=O)CN(c1ccc(C)c(C)c1)S(=O)(=O)c1ccccc1. The van der Waals surface area contributed by atoms with Crippen molar-refractivity contribution in [1.82, 2.24) is 10.2 Å². The number of nitrogens with zero attached hydrogens (tertiary/aromatic N) is 2. The molecule has 0 aliphatic carbocycles. The van der Waals surface area contributed by atoms with Crippen molar-refractivity contribution in [1.29, 1.82) is 0 Å². The average Bonchev–Trinajstić information content (AvgIpc) is 2.93. The summed E-state index contributed by atoms with van der Waals surface area (Å²) in [5.74, 6) is -0.758. The van der Waals surface area contributed by atoms with Crippen molar-refractivity contribution in [2.24, 2.45) is 0 Å². The number of hydrogen-bond acceptors (Lipinski definition) is 4. The molecule has 0 aromatic heterocycles. The summed E-state index contributed by atoms with van der Waals surface area (Å²) in [6, 6.07) is 19.6. The maximum absolute atomic E-state index is 14.0. The van der Waals surface area contributed by atoms with Gasteiger partial charge in [0.25, 0.3) is 10.0 Å². The third-order valence-corrected chi connectivity index (χ3v) is 8.63. The van der Waals surface area contributed by atoms with Gasteiger partial charge in [0.15, 0.2) is 0 Å². The molecule has 0 radical (unpaired) electrons. The van der Waals surface area contributed by atoms with E-state index in [1.165, 1.54) is 17.0 Å². The highest BCUT2D eigenvalue weighted by atomic mass is 35.5. The molecule has 0 bridgehead atoms. The Morgan fingerprint density at radius 3 is 2.18 bits per heavy atom. The number of halogens is 1. The van der Waals surface area contributed by atoms with E-state index in [4.69, 9.17) is 11.6 Å². The maximum atomic E-state index is 14.0. The van der Waals surface area contributed by atoms with E-state index in [9.17, 15) is 18.0 Å². The van der Waals surface area contributed by atoms with Crippen LogP contribution in [0.15, 0.2) is 77.7 Å². The number of hydrogen-bond donors (Lipinski definition) is 1. The molecule has 1 N–H and O–H groups in total. The number of nitrogens with one attached hydrogen (secondary N) is 1. The zero-order valence-corrected chi connectivity index (χ0v) is 24.4. The van der Waals surface area contributed by atoms with Crippen molar-refractivity contribution < 1.29 is 18.0 Å². The van der Waals surface area contributed by atoms with Crippen LogP contribution in [0, 0.1) is 13.8 Å². The van der Waals surface area contributed by atoms with Crippen molar-refractivity contribution >= 4 is 39.1 Å². The molecule has 3 aromatic rings. The Morgan fingerprint density at radius 1 is 0.923 bits per heavy atom. The van der Waals surface area contributed by atoms with Gasteiger partial charge in [0.05, 0.1) is 10.6 Å². The maximum Gasteiger partial charge on any atom is 0.264 e. The summed E-state index contributed by atoms with van der Waals surface area (Å²) in [5, 5.41) is 3.44. The quantitative estimate of drug-likeness (QED) is 0.313. The first-order chi connectivity index (χ1) is 18.6. The molecule has 0 saturated carbocycles. The Labute approximate surface area is 236 Å². The van der Waals surface area contributed by atoms with Gasteiger partial charge in [-0.15, -0.1) is 0 Å². The molecule has 0 aliphatic rings. The van der Waals surface area contributed by atoms with Gasteiger partial charge in [-0.1, -0.05) is 61.8 Å². The van der Waals surface area contributed by atoms with Gasteiger partial charge in [-0.25, -0.2) is 8.42 Å². The molecule has 0 saturated heterocycles. The van der Waals surface area contributed by atoms with Crippen LogP contribution in [-0.2, 0) is 26.2 Å². The fourth-order valence-corrected chi connectivity index (χ4v) is 5.75.